The minimum atomic E-state index is -0.571. The molecule has 136 valence electrons. The molecule has 3 amide bonds. The van der Waals surface area contributed by atoms with Gasteiger partial charge in [0.1, 0.15) is 5.82 Å². The molecule has 1 saturated heterocycles. The van der Waals surface area contributed by atoms with Gasteiger partial charge < -0.3 is 10.6 Å². The zero-order valence-corrected chi connectivity index (χ0v) is 14.2. The molecule has 0 bridgehead atoms. The van der Waals surface area contributed by atoms with Crippen LogP contribution in [-0.4, -0.2) is 43.0 Å². The van der Waals surface area contributed by atoms with Gasteiger partial charge >= 0.3 is 6.03 Å². The van der Waals surface area contributed by atoms with Crippen LogP contribution in [0.5, 0.6) is 0 Å². The lowest BCUT2D eigenvalue weighted by atomic mass is 10.0. The predicted molar refractivity (Wildman–Crippen MR) is 97.2 cm³/mol. The molecule has 1 fully saturated rings. The van der Waals surface area contributed by atoms with Crippen LogP contribution in [-0.2, 0) is 4.79 Å². The molecule has 6 nitrogen and oxygen atoms in total. The largest absolute Gasteiger partial charge is 0.325 e. The van der Waals surface area contributed by atoms with Crippen molar-refractivity contribution in [2.24, 2.45) is 0 Å². The highest BCUT2D eigenvalue weighted by molar-refractivity contribution is 6.01. The first kappa shape index (κ1) is 18.0. The second-order valence-electron chi connectivity index (χ2n) is 6.11. The van der Waals surface area contributed by atoms with E-state index >= 15 is 0 Å². The number of amides is 3. The number of carbonyl (C=O) groups is 2. The maximum Gasteiger partial charge on any atom is 0.325 e. The number of carbonyl (C=O) groups excluding carboxylic acids is 2. The van der Waals surface area contributed by atoms with Gasteiger partial charge in [0.15, 0.2) is 0 Å². The summed E-state index contributed by atoms with van der Waals surface area (Å²) in [5, 5.41) is 8.20. The van der Waals surface area contributed by atoms with Crippen LogP contribution >= 0.6 is 0 Å². The maximum absolute atomic E-state index is 13.5. The summed E-state index contributed by atoms with van der Waals surface area (Å²) in [7, 11) is 0. The van der Waals surface area contributed by atoms with E-state index in [9.17, 15) is 14.0 Å². The van der Waals surface area contributed by atoms with E-state index in [4.69, 9.17) is 0 Å². The van der Waals surface area contributed by atoms with Crippen molar-refractivity contribution in [1.82, 2.24) is 15.5 Å². The molecular weight excluding hydrogens is 335 g/mol. The molecule has 26 heavy (non-hydrogen) atoms. The van der Waals surface area contributed by atoms with Crippen LogP contribution in [0.4, 0.5) is 14.9 Å². The van der Waals surface area contributed by atoms with Gasteiger partial charge in [-0.15, -0.1) is 0 Å². The third kappa shape index (κ3) is 4.87. The first-order chi connectivity index (χ1) is 12.6. The van der Waals surface area contributed by atoms with Crippen LogP contribution in [0.15, 0.2) is 54.6 Å². The van der Waals surface area contributed by atoms with Crippen molar-refractivity contribution in [3.63, 3.8) is 0 Å². The van der Waals surface area contributed by atoms with Gasteiger partial charge in [0.05, 0.1) is 6.54 Å². The monoisotopic (exact) mass is 356 g/mol. The Morgan fingerprint density at radius 1 is 1.15 bits per heavy atom. The number of imide groups is 1. The summed E-state index contributed by atoms with van der Waals surface area (Å²) in [6, 6.07) is 14.6. The normalized spacial score (nSPS) is 17.5. The predicted octanol–water partition coefficient (Wildman–Crippen LogP) is 2.12. The summed E-state index contributed by atoms with van der Waals surface area (Å²) in [6.07, 6.45) is 0. The fourth-order valence-corrected chi connectivity index (χ4v) is 3.01. The maximum atomic E-state index is 13.5. The van der Waals surface area contributed by atoms with Crippen molar-refractivity contribution in [2.75, 3.05) is 31.5 Å². The molecule has 2 aromatic carbocycles. The lowest BCUT2D eigenvalue weighted by molar-refractivity contribution is -0.121. The van der Waals surface area contributed by atoms with E-state index in [2.05, 4.69) is 16.0 Å². The van der Waals surface area contributed by atoms with E-state index in [-0.39, 0.29) is 18.4 Å². The summed E-state index contributed by atoms with van der Waals surface area (Å²) in [5.41, 5.74) is 1.41. The molecule has 1 heterocycles. The number of hydrogen-bond acceptors (Lipinski definition) is 4. The lowest BCUT2D eigenvalue weighted by Crippen LogP contribution is -2.50. The second-order valence-corrected chi connectivity index (χ2v) is 6.11. The number of nitrogens with zero attached hydrogens (tertiary/aromatic N) is 1. The van der Waals surface area contributed by atoms with Crippen LogP contribution in [0.3, 0.4) is 0 Å². The quantitative estimate of drug-likeness (QED) is 0.785. The zero-order valence-electron chi connectivity index (χ0n) is 14.2. The van der Waals surface area contributed by atoms with Crippen LogP contribution in [0.2, 0.25) is 0 Å². The average Bonchev–Trinajstić information content (AvgIpc) is 2.62. The number of hydrogen-bond donors (Lipinski definition) is 3. The number of halogens is 1. The van der Waals surface area contributed by atoms with Crippen molar-refractivity contribution < 1.29 is 14.0 Å². The highest BCUT2D eigenvalue weighted by Crippen LogP contribution is 2.22. The van der Waals surface area contributed by atoms with Crippen molar-refractivity contribution in [2.45, 2.75) is 6.04 Å². The van der Waals surface area contributed by atoms with Crippen molar-refractivity contribution >= 4 is 17.6 Å². The second kappa shape index (κ2) is 8.55. The number of para-hydroxylation sites is 1. The lowest BCUT2D eigenvalue weighted by Gasteiger charge is -2.35. The number of benzene rings is 2. The Labute approximate surface area is 151 Å². The van der Waals surface area contributed by atoms with Gasteiger partial charge in [0, 0.05) is 31.4 Å². The van der Waals surface area contributed by atoms with Crippen LogP contribution in [0.1, 0.15) is 11.6 Å². The first-order valence-electron chi connectivity index (χ1n) is 8.48. The Morgan fingerprint density at radius 3 is 2.73 bits per heavy atom. The summed E-state index contributed by atoms with van der Waals surface area (Å²) >= 11 is 0. The Morgan fingerprint density at radius 2 is 1.96 bits per heavy atom. The van der Waals surface area contributed by atoms with Gasteiger partial charge in [-0.2, -0.15) is 0 Å². The summed E-state index contributed by atoms with van der Waals surface area (Å²) < 4.78 is 13.5. The van der Waals surface area contributed by atoms with Gasteiger partial charge in [-0.25, -0.2) is 9.18 Å². The van der Waals surface area contributed by atoms with E-state index in [0.717, 1.165) is 12.1 Å². The van der Waals surface area contributed by atoms with E-state index in [1.54, 1.807) is 30.3 Å². The smallest absolute Gasteiger partial charge is 0.314 e. The van der Waals surface area contributed by atoms with E-state index in [1.165, 1.54) is 12.1 Å². The molecular formula is C19H21FN4O2. The summed E-state index contributed by atoms with van der Waals surface area (Å²) in [5.74, 6) is -0.707. The number of urea groups is 1. The molecule has 0 saturated carbocycles. The molecule has 0 aromatic heterocycles. The summed E-state index contributed by atoms with van der Waals surface area (Å²) in [4.78, 5) is 26.1. The number of anilines is 1. The Hall–Kier alpha value is -2.77. The molecule has 7 heteroatoms. The molecule has 0 aliphatic carbocycles. The number of nitrogens with one attached hydrogen (secondary N) is 3. The third-order valence-corrected chi connectivity index (χ3v) is 4.22. The molecule has 0 radical (unpaired) electrons. The molecule has 1 unspecified atom stereocenters. The van der Waals surface area contributed by atoms with Crippen LogP contribution in [0, 0.1) is 5.82 Å². The minimum Gasteiger partial charge on any atom is -0.314 e. The molecule has 1 atom stereocenters. The molecule has 1 aliphatic rings. The van der Waals surface area contributed by atoms with E-state index < -0.39 is 11.9 Å². The molecule has 3 N–H and O–H groups in total. The van der Waals surface area contributed by atoms with Gasteiger partial charge in [-0.1, -0.05) is 30.3 Å². The fourth-order valence-electron chi connectivity index (χ4n) is 3.01. The SMILES string of the molecule is O=C(CN1CCNCC1c1cccc(F)c1)NC(=O)Nc1ccccc1. The van der Waals surface area contributed by atoms with Crippen molar-refractivity contribution in [1.29, 1.82) is 0 Å². The number of piperazine rings is 1. The van der Waals surface area contributed by atoms with Gasteiger partial charge in [0.25, 0.3) is 0 Å². The summed E-state index contributed by atoms with van der Waals surface area (Å²) in [6.45, 7) is 2.04. The topological polar surface area (TPSA) is 73.5 Å². The minimum absolute atomic E-state index is 0.0606. The van der Waals surface area contributed by atoms with Gasteiger partial charge in [-0.05, 0) is 29.8 Å². The van der Waals surface area contributed by atoms with Crippen molar-refractivity contribution in [3.05, 3.63) is 66.0 Å². The van der Waals surface area contributed by atoms with Crippen molar-refractivity contribution in [3.8, 4) is 0 Å². The molecule has 0 spiro atoms. The average molecular weight is 356 g/mol. The number of rotatable bonds is 4. The standard InChI is InChI=1S/C19H21FN4O2/c20-15-6-4-5-14(11-15)17-12-21-9-10-24(17)13-18(25)23-19(26)22-16-7-2-1-3-8-16/h1-8,11,17,21H,9-10,12-13H2,(H2,22,23,25,26). The highest BCUT2D eigenvalue weighted by atomic mass is 19.1. The van der Waals surface area contributed by atoms with Gasteiger partial charge in [-0.3, -0.25) is 15.0 Å². The van der Waals surface area contributed by atoms with Crippen LogP contribution in [0.25, 0.3) is 0 Å². The Bertz CT molecular complexity index is 769. The molecule has 1 aliphatic heterocycles. The van der Waals surface area contributed by atoms with Crippen LogP contribution < -0.4 is 16.0 Å². The third-order valence-electron chi connectivity index (χ3n) is 4.22. The van der Waals surface area contributed by atoms with Gasteiger partial charge in [0.2, 0.25) is 5.91 Å². The Kier molecular flexibility index (Phi) is 5.93. The molecule has 3 rings (SSSR count). The van der Waals surface area contributed by atoms with E-state index in [1.807, 2.05) is 17.0 Å². The molecule has 2 aromatic rings. The first-order valence-corrected chi connectivity index (χ1v) is 8.48. The van der Waals surface area contributed by atoms with E-state index in [0.29, 0.717) is 18.8 Å². The fraction of sp³-hybridized carbons (Fsp3) is 0.263. The zero-order chi connectivity index (χ0) is 18.4. The Balaban J connectivity index is 1.58. The highest BCUT2D eigenvalue weighted by Gasteiger charge is 2.26.